The molecule has 0 radical (unpaired) electrons. The van der Waals surface area contributed by atoms with Gasteiger partial charge in [-0.25, -0.2) is 4.98 Å². The van der Waals surface area contributed by atoms with Crippen LogP contribution in [-0.2, 0) is 0 Å². The molecule has 3 aromatic rings. The molecular weight excluding hydrogens is 400 g/mol. The van der Waals surface area contributed by atoms with Crippen molar-refractivity contribution in [1.29, 1.82) is 5.26 Å². The predicted molar refractivity (Wildman–Crippen MR) is 128 cm³/mol. The Hall–Kier alpha value is -4.18. The molecule has 7 heteroatoms. The van der Waals surface area contributed by atoms with Crippen molar-refractivity contribution in [1.82, 2.24) is 14.7 Å². The molecule has 2 aromatic heterocycles. The van der Waals surface area contributed by atoms with Gasteiger partial charge in [-0.1, -0.05) is 42.0 Å². The molecule has 0 aliphatic rings. The van der Waals surface area contributed by atoms with Gasteiger partial charge >= 0.3 is 0 Å². The summed E-state index contributed by atoms with van der Waals surface area (Å²) in [7, 11) is 0. The van der Waals surface area contributed by atoms with Crippen LogP contribution < -0.4 is 16.6 Å². The van der Waals surface area contributed by atoms with E-state index in [-0.39, 0.29) is 11.1 Å². The average Bonchev–Trinajstić information content (AvgIpc) is 2.78. The standard InChI is InChI=1S/C25H26N6O/c1-16(2)15-28-24(20(14-26)17(3)27)29-18(4)23-22(19-10-6-5-7-11-19)25(32)31-13-9-8-12-21(31)30-23/h5-13,15,18H,27H2,1-4H3,(H,28,29). The van der Waals surface area contributed by atoms with Gasteiger partial charge in [-0.3, -0.25) is 14.2 Å². The van der Waals surface area contributed by atoms with Crippen molar-refractivity contribution in [2.75, 3.05) is 0 Å². The Morgan fingerprint density at radius 1 is 1.19 bits per heavy atom. The van der Waals surface area contributed by atoms with Crippen molar-refractivity contribution in [3.63, 3.8) is 0 Å². The molecule has 0 spiro atoms. The van der Waals surface area contributed by atoms with Crippen LogP contribution >= 0.6 is 0 Å². The lowest BCUT2D eigenvalue weighted by Crippen LogP contribution is -2.24. The highest BCUT2D eigenvalue weighted by atomic mass is 16.1. The van der Waals surface area contributed by atoms with Gasteiger partial charge in [0.05, 0.1) is 17.3 Å². The third kappa shape index (κ3) is 4.76. The first kappa shape index (κ1) is 22.5. The van der Waals surface area contributed by atoms with E-state index < -0.39 is 6.04 Å². The van der Waals surface area contributed by atoms with Gasteiger partial charge in [0.2, 0.25) is 0 Å². The number of aliphatic imine (C=N–C) groups is 1. The summed E-state index contributed by atoms with van der Waals surface area (Å²) >= 11 is 0. The van der Waals surface area contributed by atoms with Crippen LogP contribution in [0.5, 0.6) is 0 Å². The largest absolute Gasteiger partial charge is 0.401 e. The quantitative estimate of drug-likeness (QED) is 0.363. The number of fused-ring (bicyclic) bond motifs is 1. The lowest BCUT2D eigenvalue weighted by molar-refractivity contribution is 0.774. The minimum atomic E-state index is -0.529. The fourth-order valence-corrected chi connectivity index (χ4v) is 3.25. The molecule has 1 aromatic carbocycles. The van der Waals surface area contributed by atoms with Crippen molar-refractivity contribution in [3.8, 4) is 17.2 Å². The number of amidine groups is 1. The van der Waals surface area contributed by atoms with Gasteiger partial charge in [0.25, 0.3) is 5.56 Å². The SMILES string of the molecule is CC(C)=CNC(=NC(C)c1nc2ccccn2c(=O)c1-c1ccccc1)C(C#N)=C(C)N. The van der Waals surface area contributed by atoms with E-state index in [9.17, 15) is 10.1 Å². The molecule has 1 atom stereocenters. The van der Waals surface area contributed by atoms with Crippen molar-refractivity contribution in [3.05, 3.63) is 93.8 Å². The smallest absolute Gasteiger partial charge is 0.266 e. The number of nitrogens with one attached hydrogen (secondary N) is 1. The van der Waals surface area contributed by atoms with Crippen molar-refractivity contribution in [2.24, 2.45) is 10.7 Å². The van der Waals surface area contributed by atoms with Gasteiger partial charge < -0.3 is 11.1 Å². The minimum Gasteiger partial charge on any atom is -0.401 e. The van der Waals surface area contributed by atoms with Crippen LogP contribution in [0.15, 0.2) is 87.6 Å². The van der Waals surface area contributed by atoms with Gasteiger partial charge in [0.1, 0.15) is 23.1 Å². The summed E-state index contributed by atoms with van der Waals surface area (Å²) in [5.74, 6) is 0.329. The number of hydrogen-bond acceptors (Lipinski definition) is 5. The Bertz CT molecular complexity index is 1320. The molecule has 3 rings (SSSR count). The highest BCUT2D eigenvalue weighted by Gasteiger charge is 2.20. The van der Waals surface area contributed by atoms with Crippen LogP contribution in [0.4, 0.5) is 0 Å². The summed E-state index contributed by atoms with van der Waals surface area (Å²) in [6.45, 7) is 7.36. The van der Waals surface area contributed by atoms with E-state index in [1.807, 2.05) is 57.2 Å². The Kier molecular flexibility index (Phi) is 6.86. The van der Waals surface area contributed by atoms with Crippen LogP contribution in [0.1, 0.15) is 39.4 Å². The molecule has 0 amide bonds. The van der Waals surface area contributed by atoms with Gasteiger partial charge in [0.15, 0.2) is 0 Å². The predicted octanol–water partition coefficient (Wildman–Crippen LogP) is 4.09. The molecule has 2 heterocycles. The number of aromatic nitrogens is 2. The number of benzene rings is 1. The van der Waals surface area contributed by atoms with Gasteiger partial charge in [-0.2, -0.15) is 5.26 Å². The van der Waals surface area contributed by atoms with E-state index in [1.165, 1.54) is 4.40 Å². The van der Waals surface area contributed by atoms with E-state index in [0.29, 0.717) is 28.4 Å². The fraction of sp³-hybridized carbons (Fsp3) is 0.200. The topological polar surface area (TPSA) is 109 Å². The molecule has 0 aliphatic carbocycles. The molecule has 0 bridgehead atoms. The summed E-state index contributed by atoms with van der Waals surface area (Å²) in [5.41, 5.74) is 9.63. The molecule has 1 unspecified atom stereocenters. The van der Waals surface area contributed by atoms with Crippen LogP contribution in [0.3, 0.4) is 0 Å². The third-order valence-electron chi connectivity index (χ3n) is 4.78. The molecule has 3 N–H and O–H groups in total. The second kappa shape index (κ2) is 9.75. The number of hydrogen-bond donors (Lipinski definition) is 2. The van der Waals surface area contributed by atoms with E-state index in [4.69, 9.17) is 15.7 Å². The number of nitrogens with two attached hydrogens (primary N) is 1. The molecule has 0 fully saturated rings. The lowest BCUT2D eigenvalue weighted by atomic mass is 10.0. The number of allylic oxidation sites excluding steroid dienone is 2. The first-order valence-electron chi connectivity index (χ1n) is 10.2. The van der Waals surface area contributed by atoms with Gasteiger partial charge in [-0.05, 0) is 45.4 Å². The van der Waals surface area contributed by atoms with Crippen LogP contribution in [-0.4, -0.2) is 15.2 Å². The highest BCUT2D eigenvalue weighted by molar-refractivity contribution is 6.03. The molecule has 0 saturated heterocycles. The maximum absolute atomic E-state index is 13.4. The maximum atomic E-state index is 13.4. The third-order valence-corrected chi connectivity index (χ3v) is 4.78. The van der Waals surface area contributed by atoms with E-state index >= 15 is 0 Å². The summed E-state index contributed by atoms with van der Waals surface area (Å²) in [4.78, 5) is 22.9. The molecule has 7 nitrogen and oxygen atoms in total. The van der Waals surface area contributed by atoms with Crippen molar-refractivity contribution in [2.45, 2.75) is 33.7 Å². The Labute approximate surface area is 187 Å². The van der Waals surface area contributed by atoms with Crippen molar-refractivity contribution < 1.29 is 0 Å². The zero-order valence-electron chi connectivity index (χ0n) is 18.6. The number of nitriles is 1. The minimum absolute atomic E-state index is 0.177. The number of rotatable bonds is 5. The Morgan fingerprint density at radius 3 is 2.50 bits per heavy atom. The molecular formula is C25H26N6O. The Balaban J connectivity index is 2.27. The first-order valence-corrected chi connectivity index (χ1v) is 10.2. The lowest BCUT2D eigenvalue weighted by Gasteiger charge is -2.16. The summed E-state index contributed by atoms with van der Waals surface area (Å²) in [6.07, 6.45) is 3.46. The van der Waals surface area contributed by atoms with E-state index in [2.05, 4.69) is 11.4 Å². The number of nitrogens with zero attached hydrogens (tertiary/aromatic N) is 4. The fourth-order valence-electron chi connectivity index (χ4n) is 3.25. The molecule has 0 aliphatic heterocycles. The zero-order chi connectivity index (χ0) is 23.3. The molecule has 32 heavy (non-hydrogen) atoms. The normalized spacial score (nSPS) is 13.2. The average molecular weight is 427 g/mol. The molecule has 0 saturated carbocycles. The second-order valence-corrected chi connectivity index (χ2v) is 7.66. The summed E-state index contributed by atoms with van der Waals surface area (Å²) in [6, 6.07) is 16.4. The Morgan fingerprint density at radius 2 is 1.88 bits per heavy atom. The van der Waals surface area contributed by atoms with E-state index in [0.717, 1.165) is 11.1 Å². The monoisotopic (exact) mass is 426 g/mol. The van der Waals surface area contributed by atoms with Gasteiger partial charge in [0, 0.05) is 18.1 Å². The van der Waals surface area contributed by atoms with Crippen LogP contribution in [0, 0.1) is 11.3 Å². The summed E-state index contributed by atoms with van der Waals surface area (Å²) < 4.78 is 1.52. The highest BCUT2D eigenvalue weighted by Crippen LogP contribution is 2.27. The number of pyridine rings is 1. The second-order valence-electron chi connectivity index (χ2n) is 7.66. The van der Waals surface area contributed by atoms with Crippen molar-refractivity contribution >= 4 is 11.5 Å². The van der Waals surface area contributed by atoms with Gasteiger partial charge in [-0.15, -0.1) is 0 Å². The first-order chi connectivity index (χ1) is 15.3. The van der Waals surface area contributed by atoms with E-state index in [1.54, 1.807) is 31.5 Å². The molecule has 162 valence electrons. The zero-order valence-corrected chi connectivity index (χ0v) is 18.6. The van der Waals surface area contributed by atoms with Crippen LogP contribution in [0.2, 0.25) is 0 Å². The summed E-state index contributed by atoms with van der Waals surface area (Å²) in [5, 5.41) is 12.7. The van der Waals surface area contributed by atoms with Crippen LogP contribution in [0.25, 0.3) is 16.8 Å². The maximum Gasteiger partial charge on any atom is 0.266 e.